The van der Waals surface area contributed by atoms with Crippen LogP contribution in [0.5, 0.6) is 0 Å². The Morgan fingerprint density at radius 3 is 2.58 bits per heavy atom. The summed E-state index contributed by atoms with van der Waals surface area (Å²) >= 11 is 0. The lowest BCUT2D eigenvalue weighted by Crippen LogP contribution is -2.29. The molecule has 3 heterocycles. The highest BCUT2D eigenvalue weighted by molar-refractivity contribution is 6.05. The molecule has 0 unspecified atom stereocenters. The lowest BCUT2D eigenvalue weighted by molar-refractivity contribution is -0.121. The molecule has 0 radical (unpaired) electrons. The Hall–Kier alpha value is -4.30. The fourth-order valence-electron chi connectivity index (χ4n) is 3.84. The van der Waals surface area contributed by atoms with Gasteiger partial charge in [0.1, 0.15) is 0 Å². The van der Waals surface area contributed by atoms with E-state index in [2.05, 4.69) is 66.7 Å². The highest BCUT2D eigenvalue weighted by Crippen LogP contribution is 2.20. The Labute approximate surface area is 256 Å². The minimum absolute atomic E-state index is 0.203. The first kappa shape index (κ1) is 36.7. The largest absolute Gasteiger partial charge is 0.356 e. The molecule has 4 rings (SSSR count). The molecule has 1 saturated heterocycles. The van der Waals surface area contributed by atoms with Gasteiger partial charge in [0.05, 0.1) is 12.1 Å². The molecule has 11 nitrogen and oxygen atoms in total. The Kier molecular flexibility index (Phi) is 19.9. The molecule has 0 saturated carbocycles. The van der Waals surface area contributed by atoms with Gasteiger partial charge >= 0.3 is 0 Å². The SMILES string of the molecule is CC.CCCC#CC1=NCC=CC=N1.CCCNC(=O)CCN1CCCC1.CNC(=O)c1n[nH]c2ccc(NC=O)cc12. The third-order valence-corrected chi connectivity index (χ3v) is 6.00. The van der Waals surface area contributed by atoms with Gasteiger partial charge in [0, 0.05) is 50.3 Å². The number of fused-ring (bicyclic) bond motifs is 1. The van der Waals surface area contributed by atoms with E-state index in [-0.39, 0.29) is 11.8 Å². The van der Waals surface area contributed by atoms with Crippen molar-refractivity contribution in [1.29, 1.82) is 0 Å². The second-order valence-electron chi connectivity index (χ2n) is 9.24. The number of rotatable bonds is 9. The average molecular weight is 593 g/mol. The number of amidine groups is 1. The predicted molar refractivity (Wildman–Crippen MR) is 177 cm³/mol. The second-order valence-corrected chi connectivity index (χ2v) is 9.24. The monoisotopic (exact) mass is 592 g/mol. The zero-order valence-corrected chi connectivity index (χ0v) is 26.3. The molecular weight excluding hydrogens is 544 g/mol. The smallest absolute Gasteiger partial charge is 0.272 e. The highest BCUT2D eigenvalue weighted by Gasteiger charge is 2.13. The maximum Gasteiger partial charge on any atom is 0.272 e. The summed E-state index contributed by atoms with van der Waals surface area (Å²) in [6.07, 6.45) is 12.5. The van der Waals surface area contributed by atoms with E-state index >= 15 is 0 Å². The number of aromatic amines is 1. The summed E-state index contributed by atoms with van der Waals surface area (Å²) in [6, 6.07) is 5.17. The van der Waals surface area contributed by atoms with Gasteiger partial charge in [0.2, 0.25) is 18.2 Å². The van der Waals surface area contributed by atoms with Crippen LogP contribution in [0.2, 0.25) is 0 Å². The third kappa shape index (κ3) is 14.9. The minimum Gasteiger partial charge on any atom is -0.356 e. The summed E-state index contributed by atoms with van der Waals surface area (Å²) in [4.78, 5) is 43.6. The number of carbonyl (C=O) groups is 3. The van der Waals surface area contributed by atoms with Crippen LogP contribution in [-0.2, 0) is 9.59 Å². The molecular formula is C32H48N8O3. The van der Waals surface area contributed by atoms with Crippen LogP contribution in [0.4, 0.5) is 5.69 Å². The fourth-order valence-corrected chi connectivity index (χ4v) is 3.84. The van der Waals surface area contributed by atoms with Crippen molar-refractivity contribution in [2.45, 2.75) is 66.2 Å². The van der Waals surface area contributed by atoms with Crippen molar-refractivity contribution in [3.05, 3.63) is 36.0 Å². The number of aromatic nitrogens is 2. The zero-order valence-electron chi connectivity index (χ0n) is 26.3. The van der Waals surface area contributed by atoms with E-state index in [0.29, 0.717) is 42.0 Å². The number of hydrogen-bond donors (Lipinski definition) is 4. The lowest BCUT2D eigenvalue weighted by Gasteiger charge is -2.13. The number of hydrogen-bond acceptors (Lipinski definition) is 7. The number of unbranched alkanes of at least 4 members (excludes halogenated alkanes) is 1. The third-order valence-electron chi connectivity index (χ3n) is 6.00. The number of amides is 3. The Bertz CT molecular complexity index is 1260. The van der Waals surface area contributed by atoms with Crippen LogP contribution in [0.15, 0.2) is 40.3 Å². The highest BCUT2D eigenvalue weighted by atomic mass is 16.2. The number of nitrogens with one attached hydrogen (secondary N) is 4. The molecule has 0 bridgehead atoms. The number of benzene rings is 1. The number of carbonyl (C=O) groups excluding carboxylic acids is 3. The maximum absolute atomic E-state index is 11.5. The Morgan fingerprint density at radius 1 is 1.14 bits per heavy atom. The van der Waals surface area contributed by atoms with Crippen molar-refractivity contribution < 1.29 is 14.4 Å². The molecule has 2 aromatic rings. The van der Waals surface area contributed by atoms with E-state index in [1.165, 1.54) is 33.0 Å². The van der Waals surface area contributed by atoms with Gasteiger partial charge in [-0.2, -0.15) is 5.10 Å². The van der Waals surface area contributed by atoms with Gasteiger partial charge in [0.25, 0.3) is 5.91 Å². The number of aliphatic imine (C=N–C) groups is 2. The first-order valence-corrected chi connectivity index (χ1v) is 15.1. The van der Waals surface area contributed by atoms with Gasteiger partial charge in [0.15, 0.2) is 5.69 Å². The van der Waals surface area contributed by atoms with E-state index in [1.807, 2.05) is 26.0 Å². The van der Waals surface area contributed by atoms with Crippen molar-refractivity contribution in [3.63, 3.8) is 0 Å². The fraction of sp³-hybridized carbons (Fsp3) is 0.500. The molecule has 1 fully saturated rings. The van der Waals surface area contributed by atoms with Crippen LogP contribution in [0, 0.1) is 11.8 Å². The molecule has 11 heteroatoms. The molecule has 2 aliphatic rings. The molecule has 0 spiro atoms. The molecule has 0 aliphatic carbocycles. The maximum atomic E-state index is 11.5. The van der Waals surface area contributed by atoms with Crippen molar-refractivity contribution in [1.82, 2.24) is 25.7 Å². The lowest BCUT2D eigenvalue weighted by atomic mass is 10.2. The van der Waals surface area contributed by atoms with Crippen LogP contribution in [0.25, 0.3) is 10.9 Å². The van der Waals surface area contributed by atoms with Crippen LogP contribution in [0.3, 0.4) is 0 Å². The van der Waals surface area contributed by atoms with Crippen molar-refractivity contribution in [2.24, 2.45) is 9.98 Å². The van der Waals surface area contributed by atoms with Gasteiger partial charge in [-0.15, -0.1) is 0 Å². The molecule has 0 atom stereocenters. The molecule has 1 aromatic heterocycles. The average Bonchev–Trinajstić information content (AvgIpc) is 3.64. The molecule has 4 N–H and O–H groups in total. The van der Waals surface area contributed by atoms with E-state index < -0.39 is 0 Å². The topological polar surface area (TPSA) is 144 Å². The van der Waals surface area contributed by atoms with Crippen LogP contribution in [0.1, 0.15) is 76.7 Å². The summed E-state index contributed by atoms with van der Waals surface area (Å²) in [5.74, 6) is 6.52. The minimum atomic E-state index is -0.269. The van der Waals surface area contributed by atoms with Gasteiger partial charge < -0.3 is 20.9 Å². The standard InChI is InChI=1S/C10H10N4O2.C10H20N2O.C10H12N2.C2H6/c1-11-10(16)9-7-4-6(12-5-15)2-3-8(7)13-14-9;1-2-6-11-10(13)5-9-12-7-3-4-8-12;1-2-3-4-7-10-11-8-5-6-9-12-10;1-2/h2-5H,1H3,(H,11,16)(H,12,15)(H,13,14);2-9H2,1H3,(H,11,13);5-6,8H,2-3,9H2,1H3;1-2H3. The number of H-pyrrole nitrogens is 1. The van der Waals surface area contributed by atoms with Crippen molar-refractivity contribution in [2.75, 3.05) is 45.1 Å². The molecule has 3 amide bonds. The van der Waals surface area contributed by atoms with E-state index in [9.17, 15) is 14.4 Å². The molecule has 234 valence electrons. The number of allylic oxidation sites excluding steroid dienone is 1. The van der Waals surface area contributed by atoms with Crippen LogP contribution >= 0.6 is 0 Å². The van der Waals surface area contributed by atoms with E-state index in [4.69, 9.17) is 0 Å². The second kappa shape index (κ2) is 23.3. The van der Waals surface area contributed by atoms with Gasteiger partial charge in [-0.05, 0) is 69.0 Å². The summed E-state index contributed by atoms with van der Waals surface area (Å²) in [6.45, 7) is 13.0. The molecule has 43 heavy (non-hydrogen) atoms. The summed E-state index contributed by atoms with van der Waals surface area (Å²) in [7, 11) is 1.54. The molecule has 1 aromatic carbocycles. The quantitative estimate of drug-likeness (QED) is 0.253. The van der Waals surface area contributed by atoms with E-state index in [1.54, 1.807) is 24.4 Å². The normalized spacial score (nSPS) is 13.3. The first-order chi connectivity index (χ1) is 21.0. The van der Waals surface area contributed by atoms with Gasteiger partial charge in [-0.1, -0.05) is 39.7 Å². The zero-order chi connectivity index (χ0) is 31.7. The van der Waals surface area contributed by atoms with Gasteiger partial charge in [-0.3, -0.25) is 24.5 Å². The van der Waals surface area contributed by atoms with Crippen LogP contribution in [-0.4, -0.2) is 85.1 Å². The Morgan fingerprint density at radius 2 is 1.91 bits per heavy atom. The van der Waals surface area contributed by atoms with Crippen LogP contribution < -0.4 is 16.0 Å². The predicted octanol–water partition coefficient (Wildman–Crippen LogP) is 4.34. The van der Waals surface area contributed by atoms with Gasteiger partial charge in [-0.25, -0.2) is 4.99 Å². The summed E-state index contributed by atoms with van der Waals surface area (Å²) < 4.78 is 0. The summed E-state index contributed by atoms with van der Waals surface area (Å²) in [5, 5.41) is 15.2. The summed E-state index contributed by atoms with van der Waals surface area (Å²) in [5.41, 5.74) is 1.68. The number of anilines is 1. The number of likely N-dealkylation sites (tertiary alicyclic amines) is 1. The van der Waals surface area contributed by atoms with E-state index in [0.717, 1.165) is 37.9 Å². The molecule has 2 aliphatic heterocycles. The van der Waals surface area contributed by atoms with Crippen molar-refractivity contribution >= 4 is 46.9 Å². The first-order valence-electron chi connectivity index (χ1n) is 15.1. The number of nitrogens with zero attached hydrogens (tertiary/aromatic N) is 4. The Balaban J connectivity index is 0.000000317. The van der Waals surface area contributed by atoms with Crippen molar-refractivity contribution in [3.8, 4) is 11.8 Å².